The molecule has 0 aliphatic carbocycles. The summed E-state index contributed by atoms with van der Waals surface area (Å²) in [6.45, 7) is 2.68. The van der Waals surface area contributed by atoms with Crippen molar-refractivity contribution in [3.05, 3.63) is 18.2 Å². The smallest absolute Gasteiger partial charge is 0.123 e. The molecule has 0 spiro atoms. The van der Waals surface area contributed by atoms with Crippen molar-refractivity contribution in [2.24, 2.45) is 0 Å². The van der Waals surface area contributed by atoms with E-state index in [0.717, 1.165) is 12.2 Å². The van der Waals surface area contributed by atoms with Crippen molar-refractivity contribution >= 4 is 0 Å². The number of terminal acetylenes is 1. The molecule has 12 heavy (non-hydrogen) atoms. The van der Waals surface area contributed by atoms with Gasteiger partial charge >= 0.3 is 0 Å². The maximum Gasteiger partial charge on any atom is 0.123 e. The molecule has 0 aliphatic rings. The molecule has 0 aliphatic heterocycles. The van der Waals surface area contributed by atoms with Gasteiger partial charge in [0, 0.05) is 12.4 Å². The fourth-order valence-corrected chi connectivity index (χ4v) is 1.08. The average Bonchev–Trinajstić information content (AvgIpc) is 2.59. The van der Waals surface area contributed by atoms with Crippen LogP contribution in [0, 0.1) is 12.3 Å². The van der Waals surface area contributed by atoms with Gasteiger partial charge in [-0.3, -0.25) is 5.32 Å². The van der Waals surface area contributed by atoms with E-state index in [4.69, 9.17) is 6.42 Å². The zero-order chi connectivity index (χ0) is 8.81. The minimum atomic E-state index is 0.246. The normalized spacial score (nSPS) is 12.3. The predicted molar refractivity (Wildman–Crippen MR) is 48.5 cm³/mol. The van der Waals surface area contributed by atoms with Gasteiger partial charge in [0.1, 0.15) is 5.82 Å². The summed E-state index contributed by atoms with van der Waals surface area (Å²) in [5.74, 6) is 3.49. The molecule has 0 saturated heterocycles. The largest absolute Gasteiger partial charge is 0.347 e. The fourth-order valence-electron chi connectivity index (χ4n) is 1.08. The number of hydrogen-bond acceptors (Lipinski definition) is 2. The topological polar surface area (TPSA) is 40.7 Å². The van der Waals surface area contributed by atoms with E-state index in [0.29, 0.717) is 6.54 Å². The number of nitrogens with one attached hydrogen (secondary N) is 2. The van der Waals surface area contributed by atoms with E-state index in [1.165, 1.54) is 0 Å². The van der Waals surface area contributed by atoms with Crippen LogP contribution >= 0.6 is 0 Å². The van der Waals surface area contributed by atoms with Gasteiger partial charge in [0.2, 0.25) is 0 Å². The van der Waals surface area contributed by atoms with E-state index in [2.05, 4.69) is 28.1 Å². The van der Waals surface area contributed by atoms with Crippen molar-refractivity contribution < 1.29 is 0 Å². The summed E-state index contributed by atoms with van der Waals surface area (Å²) in [5, 5.41) is 3.19. The lowest BCUT2D eigenvalue weighted by atomic mass is 10.2. The van der Waals surface area contributed by atoms with Crippen LogP contribution in [0.5, 0.6) is 0 Å². The van der Waals surface area contributed by atoms with Crippen molar-refractivity contribution in [2.45, 2.75) is 19.4 Å². The quantitative estimate of drug-likeness (QED) is 0.652. The molecule has 64 valence electrons. The third-order valence-corrected chi connectivity index (χ3v) is 1.71. The van der Waals surface area contributed by atoms with Crippen LogP contribution in [0.3, 0.4) is 0 Å². The Morgan fingerprint density at radius 1 is 1.83 bits per heavy atom. The molecule has 1 heterocycles. The summed E-state index contributed by atoms with van der Waals surface area (Å²) < 4.78 is 0. The van der Waals surface area contributed by atoms with E-state index in [-0.39, 0.29) is 6.04 Å². The number of nitrogens with zero attached hydrogens (tertiary/aromatic N) is 1. The van der Waals surface area contributed by atoms with E-state index in [1.54, 1.807) is 6.20 Å². The maximum absolute atomic E-state index is 5.14. The van der Waals surface area contributed by atoms with Gasteiger partial charge in [-0.2, -0.15) is 0 Å². The number of rotatable bonds is 4. The summed E-state index contributed by atoms with van der Waals surface area (Å²) in [6.07, 6.45) is 9.68. The van der Waals surface area contributed by atoms with Crippen molar-refractivity contribution in [2.75, 3.05) is 6.54 Å². The average molecular weight is 163 g/mol. The molecule has 1 aromatic heterocycles. The standard InChI is InChI=1S/C9H13N3/c1-3-5-10-8(4-2)9-11-6-7-12-9/h1,6-8,10H,4-5H2,2H3,(H,11,12). The van der Waals surface area contributed by atoms with Crippen LogP contribution in [0.4, 0.5) is 0 Å². The molecule has 1 aromatic rings. The van der Waals surface area contributed by atoms with E-state index < -0.39 is 0 Å². The summed E-state index contributed by atoms with van der Waals surface area (Å²) in [4.78, 5) is 7.21. The van der Waals surface area contributed by atoms with Gasteiger partial charge in [-0.1, -0.05) is 12.8 Å². The second-order valence-electron chi connectivity index (χ2n) is 2.52. The molecule has 0 amide bonds. The second kappa shape index (κ2) is 4.58. The Bertz CT molecular complexity index is 245. The van der Waals surface area contributed by atoms with Gasteiger partial charge in [-0.15, -0.1) is 6.42 Å². The van der Waals surface area contributed by atoms with Crippen LogP contribution < -0.4 is 5.32 Å². The monoisotopic (exact) mass is 163 g/mol. The van der Waals surface area contributed by atoms with Crippen LogP contribution in [-0.4, -0.2) is 16.5 Å². The molecule has 0 saturated carbocycles. The van der Waals surface area contributed by atoms with Crippen molar-refractivity contribution in [1.29, 1.82) is 0 Å². The Hall–Kier alpha value is -1.27. The molecule has 2 N–H and O–H groups in total. The lowest BCUT2D eigenvalue weighted by molar-refractivity contribution is 0.530. The number of aromatic nitrogens is 2. The molecule has 3 nitrogen and oxygen atoms in total. The summed E-state index contributed by atoms with van der Waals surface area (Å²) in [6, 6.07) is 0.246. The first kappa shape index (κ1) is 8.82. The van der Waals surface area contributed by atoms with Crippen LogP contribution in [0.15, 0.2) is 12.4 Å². The number of aromatic amines is 1. The highest BCUT2D eigenvalue weighted by atomic mass is 15.0. The van der Waals surface area contributed by atoms with E-state index >= 15 is 0 Å². The highest BCUT2D eigenvalue weighted by molar-refractivity contribution is 4.97. The second-order valence-corrected chi connectivity index (χ2v) is 2.52. The van der Waals surface area contributed by atoms with Crippen LogP contribution in [0.2, 0.25) is 0 Å². The molecular formula is C9H13N3. The number of hydrogen-bond donors (Lipinski definition) is 2. The van der Waals surface area contributed by atoms with E-state index in [1.807, 2.05) is 6.20 Å². The highest BCUT2D eigenvalue weighted by Crippen LogP contribution is 2.09. The molecule has 0 fully saturated rings. The summed E-state index contributed by atoms with van der Waals surface area (Å²) >= 11 is 0. The van der Waals surface area contributed by atoms with Crippen molar-refractivity contribution in [3.63, 3.8) is 0 Å². The van der Waals surface area contributed by atoms with E-state index in [9.17, 15) is 0 Å². The third kappa shape index (κ3) is 2.11. The molecule has 0 radical (unpaired) electrons. The minimum Gasteiger partial charge on any atom is -0.347 e. The Morgan fingerprint density at radius 3 is 3.17 bits per heavy atom. The van der Waals surface area contributed by atoms with Crippen LogP contribution in [0.25, 0.3) is 0 Å². The first-order valence-electron chi connectivity index (χ1n) is 4.04. The zero-order valence-corrected chi connectivity index (χ0v) is 7.17. The summed E-state index contributed by atoms with van der Waals surface area (Å²) in [5.41, 5.74) is 0. The van der Waals surface area contributed by atoms with Gasteiger partial charge in [-0.25, -0.2) is 4.98 Å². The molecular weight excluding hydrogens is 150 g/mol. The summed E-state index contributed by atoms with van der Waals surface area (Å²) in [7, 11) is 0. The number of imidazole rings is 1. The molecule has 0 bridgehead atoms. The highest BCUT2D eigenvalue weighted by Gasteiger charge is 2.08. The third-order valence-electron chi connectivity index (χ3n) is 1.71. The Morgan fingerprint density at radius 2 is 2.67 bits per heavy atom. The number of H-pyrrole nitrogens is 1. The zero-order valence-electron chi connectivity index (χ0n) is 7.17. The first-order chi connectivity index (χ1) is 5.88. The Balaban J connectivity index is 2.52. The van der Waals surface area contributed by atoms with Gasteiger partial charge in [0.05, 0.1) is 12.6 Å². The Kier molecular flexibility index (Phi) is 3.36. The van der Waals surface area contributed by atoms with Crippen molar-refractivity contribution in [1.82, 2.24) is 15.3 Å². The lowest BCUT2D eigenvalue weighted by Gasteiger charge is -2.11. The molecule has 3 heteroatoms. The van der Waals surface area contributed by atoms with Crippen LogP contribution in [-0.2, 0) is 0 Å². The SMILES string of the molecule is C#CCNC(CC)c1ncc[nH]1. The first-order valence-corrected chi connectivity index (χ1v) is 4.04. The molecule has 1 rings (SSSR count). The molecule has 0 aromatic carbocycles. The lowest BCUT2D eigenvalue weighted by Crippen LogP contribution is -2.21. The van der Waals surface area contributed by atoms with Crippen molar-refractivity contribution in [3.8, 4) is 12.3 Å². The van der Waals surface area contributed by atoms with Gasteiger partial charge in [0.25, 0.3) is 0 Å². The van der Waals surface area contributed by atoms with Crippen LogP contribution in [0.1, 0.15) is 25.2 Å². The minimum absolute atomic E-state index is 0.246. The molecule has 1 unspecified atom stereocenters. The van der Waals surface area contributed by atoms with Gasteiger partial charge < -0.3 is 4.98 Å². The molecule has 1 atom stereocenters. The maximum atomic E-state index is 5.14. The predicted octanol–water partition coefficient (Wildman–Crippen LogP) is 1.08. The Labute approximate surface area is 72.6 Å². The van der Waals surface area contributed by atoms with Gasteiger partial charge in [0.15, 0.2) is 0 Å². The fraction of sp³-hybridized carbons (Fsp3) is 0.444. The van der Waals surface area contributed by atoms with Gasteiger partial charge in [-0.05, 0) is 6.42 Å².